The van der Waals surface area contributed by atoms with Crippen molar-refractivity contribution in [3.8, 4) is 11.5 Å². The quantitative estimate of drug-likeness (QED) is 0.919. The summed E-state index contributed by atoms with van der Waals surface area (Å²) in [5, 5.41) is 9.58. The van der Waals surface area contributed by atoms with Crippen LogP contribution >= 0.6 is 0 Å². The van der Waals surface area contributed by atoms with Gasteiger partial charge in [-0.05, 0) is 30.2 Å². The van der Waals surface area contributed by atoms with Crippen molar-refractivity contribution in [2.45, 2.75) is 13.5 Å². The molecule has 0 heterocycles. The minimum atomic E-state index is -0.137. The van der Waals surface area contributed by atoms with Crippen molar-refractivity contribution in [2.75, 3.05) is 13.7 Å². The van der Waals surface area contributed by atoms with E-state index in [0.717, 1.165) is 11.1 Å². The van der Waals surface area contributed by atoms with E-state index in [-0.39, 0.29) is 18.3 Å². The molecule has 0 bridgehead atoms. The third-order valence-corrected chi connectivity index (χ3v) is 3.31. The second-order valence-electron chi connectivity index (χ2n) is 4.93. The smallest absolute Gasteiger partial charge is 0.260 e. The van der Waals surface area contributed by atoms with Crippen molar-refractivity contribution in [2.24, 2.45) is 0 Å². The number of nitrogens with zero attached hydrogens (tertiary/aromatic N) is 1. The van der Waals surface area contributed by atoms with Gasteiger partial charge in [-0.15, -0.1) is 0 Å². The van der Waals surface area contributed by atoms with Gasteiger partial charge in [0.2, 0.25) is 0 Å². The highest BCUT2D eigenvalue weighted by Crippen LogP contribution is 2.24. The first-order valence-corrected chi connectivity index (χ1v) is 6.77. The van der Waals surface area contributed by atoms with Crippen LogP contribution < -0.4 is 4.74 Å². The van der Waals surface area contributed by atoms with Crippen LogP contribution in [0, 0.1) is 6.92 Å². The lowest BCUT2D eigenvalue weighted by Gasteiger charge is -2.19. The molecule has 0 spiro atoms. The van der Waals surface area contributed by atoms with Gasteiger partial charge < -0.3 is 14.7 Å². The monoisotopic (exact) mass is 285 g/mol. The fraction of sp³-hybridized carbons (Fsp3) is 0.235. The molecule has 2 rings (SSSR count). The topological polar surface area (TPSA) is 49.8 Å². The molecule has 21 heavy (non-hydrogen) atoms. The van der Waals surface area contributed by atoms with Gasteiger partial charge in [-0.2, -0.15) is 0 Å². The van der Waals surface area contributed by atoms with E-state index in [9.17, 15) is 9.90 Å². The molecule has 4 nitrogen and oxygen atoms in total. The van der Waals surface area contributed by atoms with Gasteiger partial charge in [0.05, 0.1) is 0 Å². The summed E-state index contributed by atoms with van der Waals surface area (Å²) in [4.78, 5) is 13.7. The molecule has 0 aliphatic rings. The summed E-state index contributed by atoms with van der Waals surface area (Å²) >= 11 is 0. The number of benzene rings is 2. The summed E-state index contributed by atoms with van der Waals surface area (Å²) in [6, 6.07) is 14.6. The molecule has 0 saturated heterocycles. The van der Waals surface area contributed by atoms with Gasteiger partial charge in [0.1, 0.15) is 0 Å². The maximum atomic E-state index is 12.1. The van der Waals surface area contributed by atoms with E-state index in [1.165, 1.54) is 6.07 Å². The largest absolute Gasteiger partial charge is 0.504 e. The first kappa shape index (κ1) is 14.9. The number of aryl methyl sites for hydroxylation is 1. The van der Waals surface area contributed by atoms with Crippen molar-refractivity contribution < 1.29 is 14.6 Å². The van der Waals surface area contributed by atoms with Gasteiger partial charge >= 0.3 is 0 Å². The van der Waals surface area contributed by atoms with E-state index in [0.29, 0.717) is 12.3 Å². The number of aromatic hydroxyl groups is 1. The second kappa shape index (κ2) is 6.79. The molecule has 0 atom stereocenters. The summed E-state index contributed by atoms with van der Waals surface area (Å²) < 4.78 is 5.35. The Hall–Kier alpha value is -2.49. The predicted octanol–water partition coefficient (Wildman–Crippen LogP) is 2.74. The van der Waals surface area contributed by atoms with Crippen LogP contribution in [0.3, 0.4) is 0 Å². The first-order valence-electron chi connectivity index (χ1n) is 6.77. The highest BCUT2D eigenvalue weighted by Gasteiger charge is 2.12. The Balaban J connectivity index is 1.91. The third kappa shape index (κ3) is 3.99. The van der Waals surface area contributed by atoms with Gasteiger partial charge in [0.25, 0.3) is 5.91 Å². The highest BCUT2D eigenvalue weighted by molar-refractivity contribution is 5.77. The molecule has 0 aromatic heterocycles. The minimum absolute atomic E-state index is 0.0341. The normalized spacial score (nSPS) is 10.2. The molecule has 2 aromatic carbocycles. The maximum Gasteiger partial charge on any atom is 0.260 e. The van der Waals surface area contributed by atoms with E-state index in [4.69, 9.17) is 4.74 Å². The fourth-order valence-corrected chi connectivity index (χ4v) is 1.96. The summed E-state index contributed by atoms with van der Waals surface area (Å²) in [6.07, 6.45) is 0. The van der Waals surface area contributed by atoms with Gasteiger partial charge in [-0.3, -0.25) is 4.79 Å². The lowest BCUT2D eigenvalue weighted by Crippen LogP contribution is -2.31. The molecule has 110 valence electrons. The number of likely N-dealkylation sites (N-methyl/N-ethyl adjacent to an activating group) is 1. The standard InChI is InChI=1S/C17H19NO3/c1-13-7-3-4-8-14(13)11-18(2)17(20)12-21-16-10-6-5-9-15(16)19/h3-10,19H,11-12H2,1-2H3. The average molecular weight is 285 g/mol. The summed E-state index contributed by atoms with van der Waals surface area (Å²) in [5.41, 5.74) is 2.26. The molecule has 1 N–H and O–H groups in total. The van der Waals surface area contributed by atoms with Crippen LogP contribution in [0.25, 0.3) is 0 Å². The minimum Gasteiger partial charge on any atom is -0.504 e. The molecule has 1 amide bonds. The number of carbonyl (C=O) groups is 1. The number of hydrogen-bond donors (Lipinski definition) is 1. The van der Waals surface area contributed by atoms with Gasteiger partial charge in [0.15, 0.2) is 18.1 Å². The van der Waals surface area contributed by atoms with Crippen LogP contribution in [0.2, 0.25) is 0 Å². The zero-order valence-electron chi connectivity index (χ0n) is 12.2. The third-order valence-electron chi connectivity index (χ3n) is 3.31. The zero-order valence-corrected chi connectivity index (χ0v) is 12.2. The van der Waals surface area contributed by atoms with Crippen molar-refractivity contribution in [1.82, 2.24) is 4.90 Å². The lowest BCUT2D eigenvalue weighted by atomic mass is 10.1. The summed E-state index contributed by atoms with van der Waals surface area (Å²) in [7, 11) is 1.74. The molecule has 0 aliphatic heterocycles. The van der Waals surface area contributed by atoms with E-state index in [1.54, 1.807) is 30.1 Å². The molecule has 0 unspecified atom stereocenters. The van der Waals surface area contributed by atoms with Crippen LogP contribution in [0.5, 0.6) is 11.5 Å². The first-order chi connectivity index (χ1) is 10.1. The molecule has 0 radical (unpaired) electrons. The van der Waals surface area contributed by atoms with Crippen molar-refractivity contribution in [3.63, 3.8) is 0 Å². The van der Waals surface area contributed by atoms with Gasteiger partial charge in [-0.25, -0.2) is 0 Å². The molecule has 0 fully saturated rings. The number of phenolic OH excluding ortho intramolecular Hbond substituents is 1. The number of ether oxygens (including phenoxy) is 1. The van der Waals surface area contributed by atoms with Crippen LogP contribution in [0.15, 0.2) is 48.5 Å². The summed E-state index contributed by atoms with van der Waals surface area (Å²) in [5.74, 6) is 0.212. The van der Waals surface area contributed by atoms with E-state index in [2.05, 4.69) is 0 Å². The Bertz CT molecular complexity index is 625. The fourth-order valence-electron chi connectivity index (χ4n) is 1.96. The van der Waals surface area contributed by atoms with Crippen LogP contribution in [-0.2, 0) is 11.3 Å². The lowest BCUT2D eigenvalue weighted by molar-refractivity contribution is -0.132. The number of hydrogen-bond acceptors (Lipinski definition) is 3. The SMILES string of the molecule is Cc1ccccc1CN(C)C(=O)COc1ccccc1O. The number of para-hydroxylation sites is 2. The Morgan fingerprint density at radius 2 is 1.81 bits per heavy atom. The van der Waals surface area contributed by atoms with Crippen LogP contribution in [0.4, 0.5) is 0 Å². The van der Waals surface area contributed by atoms with Crippen molar-refractivity contribution in [3.05, 3.63) is 59.7 Å². The molecule has 2 aromatic rings. The van der Waals surface area contributed by atoms with Crippen LogP contribution in [-0.4, -0.2) is 29.6 Å². The average Bonchev–Trinajstić information content (AvgIpc) is 2.48. The predicted molar refractivity (Wildman–Crippen MR) is 81.3 cm³/mol. The Morgan fingerprint density at radius 1 is 1.14 bits per heavy atom. The van der Waals surface area contributed by atoms with Crippen molar-refractivity contribution in [1.29, 1.82) is 0 Å². The molecular formula is C17H19NO3. The number of phenols is 1. The molecule has 0 saturated carbocycles. The summed E-state index contributed by atoms with van der Waals surface area (Å²) in [6.45, 7) is 2.46. The van der Waals surface area contributed by atoms with Crippen molar-refractivity contribution >= 4 is 5.91 Å². The highest BCUT2D eigenvalue weighted by atomic mass is 16.5. The van der Waals surface area contributed by atoms with E-state index >= 15 is 0 Å². The second-order valence-corrected chi connectivity index (χ2v) is 4.93. The molecule has 0 aliphatic carbocycles. The van der Waals surface area contributed by atoms with Gasteiger partial charge in [0, 0.05) is 13.6 Å². The van der Waals surface area contributed by atoms with Crippen LogP contribution in [0.1, 0.15) is 11.1 Å². The Morgan fingerprint density at radius 3 is 2.52 bits per heavy atom. The van der Waals surface area contributed by atoms with E-state index in [1.807, 2.05) is 31.2 Å². The Labute approximate surface area is 124 Å². The number of amides is 1. The number of rotatable bonds is 5. The zero-order chi connectivity index (χ0) is 15.2. The number of carbonyl (C=O) groups excluding carboxylic acids is 1. The molecule has 4 heteroatoms. The van der Waals surface area contributed by atoms with Gasteiger partial charge in [-0.1, -0.05) is 36.4 Å². The maximum absolute atomic E-state index is 12.1. The Kier molecular flexibility index (Phi) is 4.82. The van der Waals surface area contributed by atoms with E-state index < -0.39 is 0 Å². The molecular weight excluding hydrogens is 266 g/mol.